The lowest BCUT2D eigenvalue weighted by molar-refractivity contribution is -0.118. The lowest BCUT2D eigenvalue weighted by Crippen LogP contribution is -2.26. The van der Waals surface area contributed by atoms with E-state index in [0.717, 1.165) is 5.56 Å². The first-order valence-electron chi connectivity index (χ1n) is 5.88. The van der Waals surface area contributed by atoms with Gasteiger partial charge in [-0.15, -0.1) is 0 Å². The maximum atomic E-state index is 12.1. The molecule has 1 aromatic carbocycles. The van der Waals surface area contributed by atoms with Gasteiger partial charge in [-0.2, -0.15) is 0 Å². The first-order chi connectivity index (χ1) is 8.74. The van der Waals surface area contributed by atoms with E-state index in [4.69, 9.17) is 11.5 Å². The minimum Gasteiger partial charge on any atom is -0.399 e. The fourth-order valence-electron chi connectivity index (χ4n) is 1.68. The summed E-state index contributed by atoms with van der Waals surface area (Å²) in [5.41, 5.74) is 12.5. The molecule has 1 amide bonds. The molecule has 0 saturated carbocycles. The van der Waals surface area contributed by atoms with Gasteiger partial charge in [0.1, 0.15) is 0 Å². The largest absolute Gasteiger partial charge is 0.399 e. The van der Waals surface area contributed by atoms with Gasteiger partial charge in [-0.05, 0) is 43.5 Å². The fraction of sp³-hybridized carbons (Fsp3) is 0.417. The van der Waals surface area contributed by atoms with Crippen LogP contribution >= 0.6 is 0 Å². The third kappa shape index (κ3) is 4.22. The molecule has 0 atom stereocenters. The minimum absolute atomic E-state index is 0.150. The Balaban J connectivity index is 2.86. The van der Waals surface area contributed by atoms with Crippen molar-refractivity contribution in [1.82, 2.24) is 4.72 Å². The SMILES string of the molecule is Cc1cc(N)cc(S(=O)(=O)NCCCC(N)=O)c1C. The summed E-state index contributed by atoms with van der Waals surface area (Å²) in [6.45, 7) is 3.70. The maximum absolute atomic E-state index is 12.1. The van der Waals surface area contributed by atoms with E-state index in [1.54, 1.807) is 19.9 Å². The zero-order valence-corrected chi connectivity index (χ0v) is 11.9. The number of carbonyl (C=O) groups excluding carboxylic acids is 1. The Morgan fingerprint density at radius 2 is 1.95 bits per heavy atom. The van der Waals surface area contributed by atoms with E-state index in [-0.39, 0.29) is 17.9 Å². The van der Waals surface area contributed by atoms with Crippen LogP contribution in [0.3, 0.4) is 0 Å². The summed E-state index contributed by atoms with van der Waals surface area (Å²) in [5, 5.41) is 0. The zero-order chi connectivity index (χ0) is 14.6. The van der Waals surface area contributed by atoms with Crippen molar-refractivity contribution in [3.63, 3.8) is 0 Å². The van der Waals surface area contributed by atoms with Crippen LogP contribution in [0.15, 0.2) is 17.0 Å². The first kappa shape index (κ1) is 15.5. The van der Waals surface area contributed by atoms with Crippen LogP contribution in [-0.2, 0) is 14.8 Å². The number of nitrogens with two attached hydrogens (primary N) is 2. The highest BCUT2D eigenvalue weighted by Gasteiger charge is 2.18. The topological polar surface area (TPSA) is 115 Å². The molecule has 0 spiro atoms. The number of carbonyl (C=O) groups is 1. The zero-order valence-electron chi connectivity index (χ0n) is 11.1. The smallest absolute Gasteiger partial charge is 0.240 e. The van der Waals surface area contributed by atoms with Gasteiger partial charge in [0.15, 0.2) is 0 Å². The molecular formula is C12H19N3O3S. The normalized spacial score (nSPS) is 11.5. The van der Waals surface area contributed by atoms with Crippen molar-refractivity contribution in [2.45, 2.75) is 31.6 Å². The molecule has 7 heteroatoms. The summed E-state index contributed by atoms with van der Waals surface area (Å²) in [7, 11) is -3.62. The number of nitrogen functional groups attached to an aromatic ring is 1. The van der Waals surface area contributed by atoms with Crippen LogP contribution in [0.5, 0.6) is 0 Å². The Hall–Kier alpha value is -1.60. The van der Waals surface area contributed by atoms with Crippen molar-refractivity contribution in [1.29, 1.82) is 0 Å². The van der Waals surface area contributed by atoms with Crippen LogP contribution in [0.4, 0.5) is 5.69 Å². The number of anilines is 1. The van der Waals surface area contributed by atoms with E-state index in [0.29, 0.717) is 17.7 Å². The number of nitrogens with one attached hydrogen (secondary N) is 1. The monoisotopic (exact) mass is 285 g/mol. The summed E-state index contributed by atoms with van der Waals surface area (Å²) in [5.74, 6) is -0.449. The fourth-order valence-corrected chi connectivity index (χ4v) is 3.10. The molecule has 0 aliphatic carbocycles. The summed E-state index contributed by atoms with van der Waals surface area (Å²) in [4.78, 5) is 10.7. The molecule has 0 aliphatic heterocycles. The van der Waals surface area contributed by atoms with Gasteiger partial charge in [-0.25, -0.2) is 13.1 Å². The Morgan fingerprint density at radius 3 is 2.53 bits per heavy atom. The predicted octanol–water partition coefficient (Wildman–Crippen LogP) is 0.429. The second-order valence-corrected chi connectivity index (χ2v) is 6.16. The van der Waals surface area contributed by atoms with E-state index >= 15 is 0 Å². The van der Waals surface area contributed by atoms with Gasteiger partial charge in [0.2, 0.25) is 15.9 Å². The second-order valence-electron chi connectivity index (χ2n) is 4.43. The number of primary amides is 1. The van der Waals surface area contributed by atoms with Crippen molar-refractivity contribution in [2.24, 2.45) is 5.73 Å². The number of sulfonamides is 1. The molecule has 0 aliphatic rings. The summed E-state index contributed by atoms with van der Waals surface area (Å²) in [6.07, 6.45) is 0.520. The average Bonchev–Trinajstić information content (AvgIpc) is 2.29. The number of benzene rings is 1. The molecule has 5 N–H and O–H groups in total. The van der Waals surface area contributed by atoms with Gasteiger partial charge < -0.3 is 11.5 Å². The highest BCUT2D eigenvalue weighted by atomic mass is 32.2. The second kappa shape index (κ2) is 6.03. The first-order valence-corrected chi connectivity index (χ1v) is 7.37. The van der Waals surface area contributed by atoms with Crippen LogP contribution in [0.25, 0.3) is 0 Å². The number of amides is 1. The van der Waals surface area contributed by atoms with E-state index in [1.807, 2.05) is 0 Å². The van der Waals surface area contributed by atoms with Crippen molar-refractivity contribution in [3.8, 4) is 0 Å². The quantitative estimate of drug-likeness (QED) is 0.519. The van der Waals surface area contributed by atoms with Crippen molar-refractivity contribution in [3.05, 3.63) is 23.3 Å². The molecule has 1 aromatic rings. The summed E-state index contributed by atoms with van der Waals surface area (Å²) >= 11 is 0. The average molecular weight is 285 g/mol. The lowest BCUT2D eigenvalue weighted by atomic mass is 10.1. The van der Waals surface area contributed by atoms with Gasteiger partial charge in [-0.3, -0.25) is 4.79 Å². The highest BCUT2D eigenvalue weighted by molar-refractivity contribution is 7.89. The number of rotatable bonds is 6. The number of hydrogen-bond donors (Lipinski definition) is 3. The molecule has 0 saturated heterocycles. The van der Waals surface area contributed by atoms with Crippen LogP contribution in [-0.4, -0.2) is 20.9 Å². The van der Waals surface area contributed by atoms with Crippen molar-refractivity contribution >= 4 is 21.6 Å². The molecule has 6 nitrogen and oxygen atoms in total. The molecule has 0 aromatic heterocycles. The van der Waals surface area contributed by atoms with Gasteiger partial charge in [0, 0.05) is 18.7 Å². The molecule has 1 rings (SSSR count). The van der Waals surface area contributed by atoms with E-state index in [2.05, 4.69) is 4.72 Å². The Bertz CT molecular complexity index is 582. The Kier molecular flexibility index (Phi) is 4.90. The highest BCUT2D eigenvalue weighted by Crippen LogP contribution is 2.22. The van der Waals surface area contributed by atoms with Crippen LogP contribution in [0.1, 0.15) is 24.0 Å². The van der Waals surface area contributed by atoms with Gasteiger partial charge >= 0.3 is 0 Å². The summed E-state index contributed by atoms with van der Waals surface area (Å²) < 4.78 is 26.7. The molecule has 19 heavy (non-hydrogen) atoms. The molecule has 0 radical (unpaired) electrons. The van der Waals surface area contributed by atoms with Crippen LogP contribution in [0, 0.1) is 13.8 Å². The van der Waals surface area contributed by atoms with Gasteiger partial charge in [0.05, 0.1) is 4.90 Å². The standard InChI is InChI=1S/C12H19N3O3S/c1-8-6-10(13)7-11(9(8)2)19(17,18)15-5-3-4-12(14)16/h6-7,15H,3-5,13H2,1-2H3,(H2,14,16). The molecule has 0 unspecified atom stereocenters. The molecule has 0 heterocycles. The maximum Gasteiger partial charge on any atom is 0.240 e. The van der Waals surface area contributed by atoms with E-state index in [9.17, 15) is 13.2 Å². The third-order valence-corrected chi connectivity index (χ3v) is 4.41. The van der Waals surface area contributed by atoms with Crippen LogP contribution in [0.2, 0.25) is 0 Å². The van der Waals surface area contributed by atoms with Crippen LogP contribution < -0.4 is 16.2 Å². The molecule has 106 valence electrons. The van der Waals surface area contributed by atoms with Crippen molar-refractivity contribution < 1.29 is 13.2 Å². The van der Waals surface area contributed by atoms with Gasteiger partial charge in [0.25, 0.3) is 0 Å². The lowest BCUT2D eigenvalue weighted by Gasteiger charge is -2.12. The van der Waals surface area contributed by atoms with E-state index in [1.165, 1.54) is 6.07 Å². The molecular weight excluding hydrogens is 266 g/mol. The van der Waals surface area contributed by atoms with Crippen molar-refractivity contribution in [2.75, 3.05) is 12.3 Å². The molecule has 0 fully saturated rings. The number of aryl methyl sites for hydroxylation is 1. The predicted molar refractivity (Wildman–Crippen MR) is 73.9 cm³/mol. The minimum atomic E-state index is -3.62. The van der Waals surface area contributed by atoms with E-state index < -0.39 is 15.9 Å². The Morgan fingerprint density at radius 1 is 1.32 bits per heavy atom. The third-order valence-electron chi connectivity index (χ3n) is 2.82. The number of hydrogen-bond acceptors (Lipinski definition) is 4. The van der Waals surface area contributed by atoms with Gasteiger partial charge in [-0.1, -0.05) is 0 Å². The molecule has 0 bridgehead atoms. The Labute approximate surface area is 113 Å². The summed E-state index contributed by atoms with van der Waals surface area (Å²) in [6, 6.07) is 3.15.